The van der Waals surface area contributed by atoms with Crippen LogP contribution >= 0.6 is 15.9 Å². The van der Waals surface area contributed by atoms with Crippen LogP contribution in [0.2, 0.25) is 0 Å². The molecule has 0 fully saturated rings. The fraction of sp³-hybridized carbons (Fsp3) is 0.385. The van der Waals surface area contributed by atoms with Crippen LogP contribution in [0.3, 0.4) is 0 Å². The van der Waals surface area contributed by atoms with Crippen molar-refractivity contribution >= 4 is 27.8 Å². The minimum absolute atomic E-state index is 0.343. The summed E-state index contributed by atoms with van der Waals surface area (Å²) in [6.45, 7) is 7.12. The molecule has 0 atom stereocenters. The number of aryl methyl sites for hydroxylation is 2. The van der Waals surface area contributed by atoms with E-state index in [4.69, 9.17) is 4.52 Å². The van der Waals surface area contributed by atoms with E-state index in [1.807, 2.05) is 13.0 Å². The van der Waals surface area contributed by atoms with Gasteiger partial charge in [0.25, 0.3) is 5.89 Å². The van der Waals surface area contributed by atoms with Crippen molar-refractivity contribution in [1.29, 1.82) is 0 Å². The average molecular weight is 354 g/mol. The summed E-state index contributed by atoms with van der Waals surface area (Å²) in [6.07, 6.45) is 0. The Kier molecular flexibility index (Phi) is 4.26. The maximum Gasteiger partial charge on any atom is 0.321 e. The lowest BCUT2D eigenvalue weighted by Crippen LogP contribution is -2.43. The molecule has 2 aromatic rings. The molecule has 2 heterocycles. The van der Waals surface area contributed by atoms with Gasteiger partial charge in [0.1, 0.15) is 11.4 Å². The molecule has 2 aromatic heterocycles. The number of hydrogen-bond donors (Lipinski definition) is 2. The number of hydrogen-bond acceptors (Lipinski definition) is 5. The van der Waals surface area contributed by atoms with Gasteiger partial charge in [-0.15, -0.1) is 0 Å². The molecule has 0 aliphatic heterocycles. The summed E-state index contributed by atoms with van der Waals surface area (Å²) in [5.74, 6) is 1.33. The predicted molar refractivity (Wildman–Crippen MR) is 80.9 cm³/mol. The van der Waals surface area contributed by atoms with Gasteiger partial charge in [-0.3, -0.25) is 5.32 Å². The van der Waals surface area contributed by atoms with Gasteiger partial charge in [-0.2, -0.15) is 4.98 Å². The first-order valence-electron chi connectivity index (χ1n) is 6.31. The average Bonchev–Trinajstić information content (AvgIpc) is 2.81. The molecule has 0 aromatic carbocycles. The first-order chi connectivity index (χ1) is 9.78. The zero-order valence-corrected chi connectivity index (χ0v) is 13.8. The second-order valence-electron chi connectivity index (χ2n) is 5.11. The van der Waals surface area contributed by atoms with Crippen molar-refractivity contribution in [2.24, 2.45) is 0 Å². The SMILES string of the molecule is Cc1noc(C(C)(C)NC(=O)Nc2ccc(Br)c(C)n2)n1. The number of anilines is 1. The molecule has 0 aliphatic carbocycles. The van der Waals surface area contributed by atoms with Crippen molar-refractivity contribution in [2.45, 2.75) is 33.2 Å². The molecule has 7 nitrogen and oxygen atoms in total. The molecule has 0 saturated carbocycles. The van der Waals surface area contributed by atoms with Crippen molar-refractivity contribution in [3.8, 4) is 0 Å². The van der Waals surface area contributed by atoms with Crippen LogP contribution in [-0.2, 0) is 5.54 Å². The third-order valence-corrected chi connectivity index (χ3v) is 3.59. The van der Waals surface area contributed by atoms with Gasteiger partial charge >= 0.3 is 6.03 Å². The summed E-state index contributed by atoms with van der Waals surface area (Å²) in [5.41, 5.74) is 0.00929. The molecule has 2 amide bonds. The first kappa shape index (κ1) is 15.4. The molecule has 0 bridgehead atoms. The molecular weight excluding hydrogens is 338 g/mol. The predicted octanol–water partition coefficient (Wildman–Crippen LogP) is 2.90. The lowest BCUT2D eigenvalue weighted by Gasteiger charge is -2.21. The normalized spacial score (nSPS) is 11.3. The molecule has 0 radical (unpaired) electrons. The standard InChI is InChI=1S/C13H16BrN5O2/c1-7-9(14)5-6-10(15-7)17-12(20)18-13(3,4)11-16-8(2)19-21-11/h5-6H,1-4H3,(H2,15,17,18,20). The summed E-state index contributed by atoms with van der Waals surface area (Å²) in [7, 11) is 0. The van der Waals surface area contributed by atoms with Crippen LogP contribution in [0.25, 0.3) is 0 Å². The highest BCUT2D eigenvalue weighted by atomic mass is 79.9. The van der Waals surface area contributed by atoms with Crippen molar-refractivity contribution in [2.75, 3.05) is 5.32 Å². The van der Waals surface area contributed by atoms with Crippen LogP contribution in [0.1, 0.15) is 31.3 Å². The smallest absolute Gasteiger partial charge is 0.321 e. The van der Waals surface area contributed by atoms with Gasteiger partial charge < -0.3 is 9.84 Å². The Labute approximate surface area is 130 Å². The molecule has 2 N–H and O–H groups in total. The van der Waals surface area contributed by atoms with E-state index in [0.717, 1.165) is 10.2 Å². The van der Waals surface area contributed by atoms with E-state index < -0.39 is 11.6 Å². The van der Waals surface area contributed by atoms with Gasteiger partial charge in [0.05, 0.1) is 5.69 Å². The minimum Gasteiger partial charge on any atom is -0.337 e. The van der Waals surface area contributed by atoms with Gasteiger partial charge in [0.15, 0.2) is 5.82 Å². The van der Waals surface area contributed by atoms with Crippen LogP contribution in [0, 0.1) is 13.8 Å². The Bertz CT molecular complexity index is 668. The number of aromatic nitrogens is 3. The van der Waals surface area contributed by atoms with Crippen LogP contribution in [-0.4, -0.2) is 21.2 Å². The lowest BCUT2D eigenvalue weighted by molar-refractivity contribution is 0.228. The number of rotatable bonds is 3. The number of carbonyl (C=O) groups is 1. The quantitative estimate of drug-likeness (QED) is 0.884. The highest BCUT2D eigenvalue weighted by Gasteiger charge is 2.29. The Balaban J connectivity index is 2.05. The summed E-state index contributed by atoms with van der Waals surface area (Å²) in [5, 5.41) is 9.16. The van der Waals surface area contributed by atoms with Gasteiger partial charge in [0.2, 0.25) is 0 Å². The first-order valence-corrected chi connectivity index (χ1v) is 7.10. The molecule has 8 heteroatoms. The van der Waals surface area contributed by atoms with Crippen LogP contribution in [0.4, 0.5) is 10.6 Å². The largest absolute Gasteiger partial charge is 0.337 e. The van der Waals surface area contributed by atoms with Gasteiger partial charge in [-0.25, -0.2) is 9.78 Å². The zero-order chi connectivity index (χ0) is 15.6. The highest BCUT2D eigenvalue weighted by Crippen LogP contribution is 2.19. The minimum atomic E-state index is -0.782. The van der Waals surface area contributed by atoms with E-state index in [-0.39, 0.29) is 0 Å². The van der Waals surface area contributed by atoms with Gasteiger partial charge in [-0.05, 0) is 55.8 Å². The van der Waals surface area contributed by atoms with E-state index in [1.54, 1.807) is 26.8 Å². The number of amides is 2. The number of halogens is 1. The number of urea groups is 1. The fourth-order valence-electron chi connectivity index (χ4n) is 1.65. The van der Waals surface area contributed by atoms with Crippen LogP contribution in [0.15, 0.2) is 21.1 Å². The molecule has 21 heavy (non-hydrogen) atoms. The number of nitrogens with zero attached hydrogens (tertiary/aromatic N) is 3. The van der Waals surface area contributed by atoms with Crippen molar-refractivity contribution in [3.63, 3.8) is 0 Å². The lowest BCUT2D eigenvalue weighted by atomic mass is 10.1. The summed E-state index contributed by atoms with van der Waals surface area (Å²) < 4.78 is 5.97. The molecule has 0 spiro atoms. The molecular formula is C13H16BrN5O2. The van der Waals surface area contributed by atoms with Crippen molar-refractivity contribution in [3.05, 3.63) is 34.0 Å². The van der Waals surface area contributed by atoms with Crippen LogP contribution < -0.4 is 10.6 Å². The van der Waals surface area contributed by atoms with E-state index in [9.17, 15) is 4.79 Å². The van der Waals surface area contributed by atoms with E-state index in [1.165, 1.54) is 0 Å². The third-order valence-electron chi connectivity index (χ3n) is 2.75. The second-order valence-corrected chi connectivity index (χ2v) is 5.97. The van der Waals surface area contributed by atoms with E-state index >= 15 is 0 Å². The molecule has 0 aliphatic rings. The number of nitrogens with one attached hydrogen (secondary N) is 2. The Morgan fingerprint density at radius 2 is 2.00 bits per heavy atom. The monoisotopic (exact) mass is 353 g/mol. The summed E-state index contributed by atoms with van der Waals surface area (Å²) in [6, 6.07) is 3.13. The Morgan fingerprint density at radius 1 is 1.29 bits per heavy atom. The molecule has 0 unspecified atom stereocenters. The maximum absolute atomic E-state index is 12.0. The summed E-state index contributed by atoms with van der Waals surface area (Å²) >= 11 is 3.36. The Hall–Kier alpha value is -1.96. The molecule has 2 rings (SSSR count). The zero-order valence-electron chi connectivity index (χ0n) is 12.2. The van der Waals surface area contributed by atoms with E-state index in [2.05, 4.69) is 41.7 Å². The number of carbonyl (C=O) groups excluding carboxylic acids is 1. The molecule has 0 saturated heterocycles. The van der Waals surface area contributed by atoms with Gasteiger partial charge in [0, 0.05) is 4.47 Å². The highest BCUT2D eigenvalue weighted by molar-refractivity contribution is 9.10. The van der Waals surface area contributed by atoms with Crippen LogP contribution in [0.5, 0.6) is 0 Å². The number of pyridine rings is 1. The Morgan fingerprint density at radius 3 is 2.57 bits per heavy atom. The maximum atomic E-state index is 12.0. The van der Waals surface area contributed by atoms with E-state index in [0.29, 0.717) is 17.5 Å². The topological polar surface area (TPSA) is 92.9 Å². The third kappa shape index (κ3) is 3.78. The molecule has 112 valence electrons. The van der Waals surface area contributed by atoms with Crippen molar-refractivity contribution < 1.29 is 9.32 Å². The summed E-state index contributed by atoms with van der Waals surface area (Å²) in [4.78, 5) is 20.4. The van der Waals surface area contributed by atoms with Gasteiger partial charge in [-0.1, -0.05) is 5.16 Å². The second kappa shape index (κ2) is 5.80. The fourth-order valence-corrected chi connectivity index (χ4v) is 1.87. The van der Waals surface area contributed by atoms with Crippen molar-refractivity contribution in [1.82, 2.24) is 20.4 Å².